The van der Waals surface area contributed by atoms with Gasteiger partial charge < -0.3 is 15.1 Å². The van der Waals surface area contributed by atoms with Gasteiger partial charge in [-0.3, -0.25) is 9.78 Å². The Morgan fingerprint density at radius 2 is 1.91 bits per heavy atom. The number of aromatic nitrogens is 1. The van der Waals surface area contributed by atoms with E-state index in [1.807, 2.05) is 29.3 Å². The maximum absolute atomic E-state index is 13.3. The summed E-state index contributed by atoms with van der Waals surface area (Å²) in [6.45, 7) is 8.99. The highest BCUT2D eigenvalue weighted by molar-refractivity contribution is 7.90. The second-order valence-electron chi connectivity index (χ2n) is 10.3. The Hall–Kier alpha value is -2.87. The molecule has 1 N–H and O–H groups in total. The minimum absolute atomic E-state index is 0.0785. The quantitative estimate of drug-likeness (QED) is 0.612. The lowest BCUT2D eigenvalue weighted by atomic mass is 10.00. The molecular weight excluding hydrogens is 460 g/mol. The van der Waals surface area contributed by atoms with E-state index in [2.05, 4.69) is 42.9 Å². The van der Waals surface area contributed by atoms with Crippen LogP contribution in [-0.4, -0.2) is 47.4 Å². The average Bonchev–Trinajstić information content (AvgIpc) is 3.54. The number of allylic oxidation sites excluding steroid dienone is 1. The van der Waals surface area contributed by atoms with E-state index in [9.17, 15) is 13.2 Å². The maximum Gasteiger partial charge on any atom is 0.256 e. The van der Waals surface area contributed by atoms with Gasteiger partial charge in [0, 0.05) is 43.0 Å². The molecule has 2 unspecified atom stereocenters. The zero-order valence-corrected chi connectivity index (χ0v) is 21.9. The molecule has 1 aliphatic carbocycles. The number of hydrogen-bond donors (Lipinski definition) is 1. The van der Waals surface area contributed by atoms with E-state index in [0.717, 1.165) is 47.3 Å². The SMILES string of the molecule is CCC(C)N1C(C)=CNC1c1cc(-c2cc3c(c(S(C)(=O)=O)c2)C(=O)N([C@@H](C)C2CC2)C3)ccn1. The predicted molar refractivity (Wildman–Crippen MR) is 136 cm³/mol. The summed E-state index contributed by atoms with van der Waals surface area (Å²) in [7, 11) is -3.59. The Labute approximate surface area is 208 Å². The number of carbonyl (C=O) groups excluding carboxylic acids is 1. The zero-order valence-electron chi connectivity index (χ0n) is 21.1. The number of carbonyl (C=O) groups is 1. The number of pyridine rings is 1. The molecule has 0 bridgehead atoms. The van der Waals surface area contributed by atoms with Gasteiger partial charge >= 0.3 is 0 Å². The number of benzene rings is 1. The third-order valence-corrected chi connectivity index (χ3v) is 8.91. The van der Waals surface area contributed by atoms with Gasteiger partial charge in [-0.1, -0.05) is 6.92 Å². The Bertz CT molecular complexity index is 1320. The summed E-state index contributed by atoms with van der Waals surface area (Å²) in [5.41, 5.74) is 4.85. The minimum atomic E-state index is -3.59. The van der Waals surface area contributed by atoms with Crippen LogP contribution < -0.4 is 5.32 Å². The van der Waals surface area contributed by atoms with E-state index in [4.69, 9.17) is 0 Å². The van der Waals surface area contributed by atoms with Crippen molar-refractivity contribution in [3.8, 4) is 11.1 Å². The number of sulfone groups is 1. The van der Waals surface area contributed by atoms with Crippen molar-refractivity contribution in [2.75, 3.05) is 6.26 Å². The number of rotatable bonds is 7. The molecule has 1 saturated carbocycles. The van der Waals surface area contributed by atoms with E-state index >= 15 is 0 Å². The molecule has 35 heavy (non-hydrogen) atoms. The molecule has 3 atom stereocenters. The van der Waals surface area contributed by atoms with Gasteiger partial charge in [0.05, 0.1) is 16.2 Å². The Morgan fingerprint density at radius 1 is 1.17 bits per heavy atom. The first-order valence-electron chi connectivity index (χ1n) is 12.5. The summed E-state index contributed by atoms with van der Waals surface area (Å²) in [4.78, 5) is 22.2. The van der Waals surface area contributed by atoms with Gasteiger partial charge in [-0.25, -0.2) is 8.42 Å². The van der Waals surface area contributed by atoms with Gasteiger partial charge in [0.1, 0.15) is 6.17 Å². The molecule has 2 aliphatic heterocycles. The first-order chi connectivity index (χ1) is 16.6. The summed E-state index contributed by atoms with van der Waals surface area (Å²) >= 11 is 0. The summed E-state index contributed by atoms with van der Waals surface area (Å²) < 4.78 is 25.6. The van der Waals surface area contributed by atoms with Crippen LogP contribution in [0.1, 0.15) is 74.7 Å². The highest BCUT2D eigenvalue weighted by atomic mass is 32.2. The lowest BCUT2D eigenvalue weighted by Gasteiger charge is -2.33. The van der Waals surface area contributed by atoms with Crippen molar-refractivity contribution in [1.82, 2.24) is 20.1 Å². The molecule has 0 saturated heterocycles. The van der Waals surface area contributed by atoms with E-state index < -0.39 is 9.84 Å². The van der Waals surface area contributed by atoms with Crippen molar-refractivity contribution in [1.29, 1.82) is 0 Å². The van der Waals surface area contributed by atoms with Crippen LogP contribution in [0.15, 0.2) is 47.3 Å². The van der Waals surface area contributed by atoms with Gasteiger partial charge in [-0.2, -0.15) is 0 Å². The predicted octanol–water partition coefficient (Wildman–Crippen LogP) is 4.47. The lowest BCUT2D eigenvalue weighted by Crippen LogP contribution is -2.35. The van der Waals surface area contributed by atoms with Gasteiger partial charge in [-0.15, -0.1) is 0 Å². The Morgan fingerprint density at radius 3 is 2.57 bits per heavy atom. The zero-order chi connectivity index (χ0) is 25.1. The molecule has 7 nitrogen and oxygen atoms in total. The first-order valence-corrected chi connectivity index (χ1v) is 14.3. The largest absolute Gasteiger partial charge is 0.365 e. The van der Waals surface area contributed by atoms with Gasteiger partial charge in [0.15, 0.2) is 9.84 Å². The van der Waals surface area contributed by atoms with Crippen LogP contribution in [-0.2, 0) is 16.4 Å². The first kappa shape index (κ1) is 23.9. The molecule has 0 spiro atoms. The van der Waals surface area contributed by atoms with Crippen LogP contribution in [0, 0.1) is 5.92 Å². The van der Waals surface area contributed by atoms with E-state index in [-0.39, 0.29) is 23.0 Å². The molecule has 1 fully saturated rings. The van der Waals surface area contributed by atoms with Crippen LogP contribution in [0.2, 0.25) is 0 Å². The summed E-state index contributed by atoms with van der Waals surface area (Å²) in [6, 6.07) is 8.04. The fourth-order valence-corrected chi connectivity index (χ4v) is 6.35. The molecule has 0 radical (unpaired) electrons. The molecule has 1 aromatic carbocycles. The fourth-order valence-electron chi connectivity index (χ4n) is 5.42. The minimum Gasteiger partial charge on any atom is -0.365 e. The molecule has 186 valence electrons. The molecule has 8 heteroatoms. The van der Waals surface area contributed by atoms with Crippen LogP contribution in [0.3, 0.4) is 0 Å². The van der Waals surface area contributed by atoms with Crippen molar-refractivity contribution >= 4 is 15.7 Å². The number of nitrogens with one attached hydrogen (secondary N) is 1. The molecule has 2 aromatic rings. The van der Waals surface area contributed by atoms with E-state index in [1.165, 1.54) is 6.26 Å². The van der Waals surface area contributed by atoms with E-state index in [0.29, 0.717) is 24.1 Å². The van der Waals surface area contributed by atoms with Gasteiger partial charge in [-0.05, 0) is 86.9 Å². The van der Waals surface area contributed by atoms with Crippen molar-refractivity contribution in [2.24, 2.45) is 5.92 Å². The summed E-state index contributed by atoms with van der Waals surface area (Å²) in [5, 5.41) is 3.44. The van der Waals surface area contributed by atoms with Crippen molar-refractivity contribution < 1.29 is 13.2 Å². The standard InChI is InChI=1S/C27H34N4O3S/c1-6-16(2)31-17(3)14-29-26(31)23-12-20(9-10-28-23)21-11-22-15-30(18(4)19-7-8-19)27(32)25(22)24(13-21)35(5,33)34/h9-14,16,18-19,26,29H,6-8,15H2,1-5H3/t16?,18-,26?/m0/s1. The third kappa shape index (κ3) is 4.22. The van der Waals surface area contributed by atoms with Gasteiger partial charge in [0.2, 0.25) is 0 Å². The van der Waals surface area contributed by atoms with Crippen LogP contribution in [0.4, 0.5) is 0 Å². The summed E-state index contributed by atoms with van der Waals surface area (Å²) in [5.74, 6) is 0.351. The average molecular weight is 495 g/mol. The molecular formula is C27H34N4O3S. The molecule has 3 heterocycles. The smallest absolute Gasteiger partial charge is 0.256 e. The van der Waals surface area contributed by atoms with E-state index in [1.54, 1.807) is 12.3 Å². The monoisotopic (exact) mass is 494 g/mol. The molecule has 3 aliphatic rings. The third-order valence-electron chi connectivity index (χ3n) is 7.79. The van der Waals surface area contributed by atoms with Crippen LogP contribution >= 0.6 is 0 Å². The number of fused-ring (bicyclic) bond motifs is 1. The highest BCUT2D eigenvalue weighted by Crippen LogP contribution is 2.41. The fraction of sp³-hybridized carbons (Fsp3) is 0.481. The lowest BCUT2D eigenvalue weighted by molar-refractivity contribution is 0.0694. The second-order valence-corrected chi connectivity index (χ2v) is 12.3. The normalized spacial score (nSPS) is 21.6. The van der Waals surface area contributed by atoms with Crippen molar-refractivity contribution in [3.63, 3.8) is 0 Å². The topological polar surface area (TPSA) is 82.6 Å². The van der Waals surface area contributed by atoms with Gasteiger partial charge in [0.25, 0.3) is 5.91 Å². The molecule has 5 rings (SSSR count). The second kappa shape index (κ2) is 8.66. The van der Waals surface area contributed by atoms with Crippen LogP contribution in [0.5, 0.6) is 0 Å². The van der Waals surface area contributed by atoms with Crippen molar-refractivity contribution in [2.45, 2.75) is 76.6 Å². The van der Waals surface area contributed by atoms with Crippen LogP contribution in [0.25, 0.3) is 11.1 Å². The number of nitrogens with zero attached hydrogens (tertiary/aromatic N) is 3. The Kier molecular flexibility index (Phi) is 5.90. The van der Waals surface area contributed by atoms with Crippen molar-refractivity contribution in [3.05, 3.63) is 59.2 Å². The highest BCUT2D eigenvalue weighted by Gasteiger charge is 2.41. The molecule has 1 aromatic heterocycles. The number of hydrogen-bond acceptors (Lipinski definition) is 6. The maximum atomic E-state index is 13.3. The molecule has 1 amide bonds. The number of amides is 1. The summed E-state index contributed by atoms with van der Waals surface area (Å²) in [6.07, 6.45) is 8.16. The Balaban J connectivity index is 1.55.